The van der Waals surface area contributed by atoms with E-state index in [4.69, 9.17) is 11.6 Å². The van der Waals surface area contributed by atoms with Crippen LogP contribution in [-0.4, -0.2) is 16.5 Å². The van der Waals surface area contributed by atoms with Crippen LogP contribution in [0.4, 0.5) is 5.82 Å². The summed E-state index contributed by atoms with van der Waals surface area (Å²) in [5.74, 6) is 3.16. The molecule has 0 radical (unpaired) electrons. The summed E-state index contributed by atoms with van der Waals surface area (Å²) in [5, 5.41) is 3.83. The number of anilines is 1. The Morgan fingerprint density at radius 3 is 2.35 bits per heavy atom. The van der Waals surface area contributed by atoms with E-state index in [0.717, 1.165) is 18.2 Å². The van der Waals surface area contributed by atoms with Gasteiger partial charge in [0.1, 0.15) is 16.8 Å². The van der Waals surface area contributed by atoms with Crippen LogP contribution in [0.2, 0.25) is 5.15 Å². The van der Waals surface area contributed by atoms with Gasteiger partial charge in [0.25, 0.3) is 0 Å². The number of halogens is 1. The fourth-order valence-corrected chi connectivity index (χ4v) is 1.48. The van der Waals surface area contributed by atoms with Gasteiger partial charge in [0.2, 0.25) is 0 Å². The summed E-state index contributed by atoms with van der Waals surface area (Å²) >= 11 is 5.98. The molecule has 96 valence electrons. The molecular weight excluding hydrogens is 234 g/mol. The van der Waals surface area contributed by atoms with Crippen molar-refractivity contribution in [1.29, 1.82) is 0 Å². The molecule has 1 unspecified atom stereocenters. The van der Waals surface area contributed by atoms with E-state index in [1.54, 1.807) is 6.07 Å². The first-order valence-corrected chi connectivity index (χ1v) is 6.56. The zero-order chi connectivity index (χ0) is 13.0. The van der Waals surface area contributed by atoms with Crippen molar-refractivity contribution in [2.24, 2.45) is 11.8 Å². The largest absolute Gasteiger partial charge is 0.370 e. The molecular formula is C13H22ClN3. The van der Waals surface area contributed by atoms with E-state index in [0.29, 0.717) is 17.0 Å². The number of rotatable bonds is 5. The number of hydrogen-bond donors (Lipinski definition) is 1. The van der Waals surface area contributed by atoms with Crippen molar-refractivity contribution in [3.63, 3.8) is 0 Å². The van der Waals surface area contributed by atoms with E-state index in [2.05, 4.69) is 49.9 Å². The molecule has 1 heterocycles. The van der Waals surface area contributed by atoms with Crippen molar-refractivity contribution in [3.8, 4) is 0 Å². The van der Waals surface area contributed by atoms with Crippen molar-refractivity contribution in [1.82, 2.24) is 9.97 Å². The predicted octanol–water partition coefficient (Wildman–Crippen LogP) is 3.96. The number of nitrogens with zero attached hydrogens (tertiary/aromatic N) is 2. The first-order valence-electron chi connectivity index (χ1n) is 6.18. The van der Waals surface area contributed by atoms with Crippen LogP contribution in [-0.2, 0) is 0 Å². The summed E-state index contributed by atoms with van der Waals surface area (Å²) < 4.78 is 0. The third-order valence-electron chi connectivity index (χ3n) is 2.97. The van der Waals surface area contributed by atoms with Crippen LogP contribution < -0.4 is 5.32 Å². The summed E-state index contributed by atoms with van der Waals surface area (Å²) in [6, 6.07) is 1.78. The summed E-state index contributed by atoms with van der Waals surface area (Å²) in [6.45, 7) is 11.7. The van der Waals surface area contributed by atoms with Crippen LogP contribution in [0.1, 0.15) is 46.4 Å². The van der Waals surface area contributed by atoms with E-state index in [9.17, 15) is 0 Å². The number of nitrogens with one attached hydrogen (secondary N) is 1. The molecule has 0 spiro atoms. The quantitative estimate of drug-likeness (QED) is 0.810. The van der Waals surface area contributed by atoms with Gasteiger partial charge in [-0.3, -0.25) is 0 Å². The third kappa shape index (κ3) is 4.50. The minimum absolute atomic E-state index is 0.289. The van der Waals surface area contributed by atoms with E-state index < -0.39 is 0 Å². The van der Waals surface area contributed by atoms with Gasteiger partial charge >= 0.3 is 0 Å². The van der Waals surface area contributed by atoms with Crippen LogP contribution in [0, 0.1) is 11.8 Å². The SMILES string of the molecule is CC(C)c1nc(Cl)cc(NCC(C)C(C)C)n1. The Labute approximate surface area is 109 Å². The van der Waals surface area contributed by atoms with Gasteiger partial charge in [-0.05, 0) is 11.8 Å². The third-order valence-corrected chi connectivity index (χ3v) is 3.17. The van der Waals surface area contributed by atoms with E-state index in [1.165, 1.54) is 0 Å². The van der Waals surface area contributed by atoms with Crippen molar-refractivity contribution >= 4 is 17.4 Å². The molecule has 0 aliphatic rings. The summed E-state index contributed by atoms with van der Waals surface area (Å²) in [5.41, 5.74) is 0. The van der Waals surface area contributed by atoms with Crippen LogP contribution in [0.15, 0.2) is 6.07 Å². The zero-order valence-electron chi connectivity index (χ0n) is 11.3. The molecule has 3 nitrogen and oxygen atoms in total. The van der Waals surface area contributed by atoms with Crippen LogP contribution in [0.3, 0.4) is 0 Å². The lowest BCUT2D eigenvalue weighted by Gasteiger charge is -2.17. The lowest BCUT2D eigenvalue weighted by Crippen LogP contribution is -2.17. The molecule has 0 bridgehead atoms. The van der Waals surface area contributed by atoms with Gasteiger partial charge in [-0.1, -0.05) is 46.2 Å². The maximum Gasteiger partial charge on any atom is 0.135 e. The molecule has 1 aromatic rings. The highest BCUT2D eigenvalue weighted by Gasteiger charge is 2.09. The molecule has 0 saturated carbocycles. The van der Waals surface area contributed by atoms with Crippen LogP contribution in [0.5, 0.6) is 0 Å². The highest BCUT2D eigenvalue weighted by molar-refractivity contribution is 6.29. The fraction of sp³-hybridized carbons (Fsp3) is 0.692. The Kier molecular flexibility index (Phi) is 5.19. The molecule has 1 rings (SSSR count). The smallest absolute Gasteiger partial charge is 0.135 e. The molecule has 1 N–H and O–H groups in total. The number of aromatic nitrogens is 2. The average Bonchev–Trinajstić information content (AvgIpc) is 2.24. The fourth-order valence-electron chi connectivity index (χ4n) is 1.29. The molecule has 1 atom stereocenters. The Bertz CT molecular complexity index is 364. The van der Waals surface area contributed by atoms with Gasteiger partial charge in [-0.25, -0.2) is 9.97 Å². The predicted molar refractivity (Wildman–Crippen MR) is 73.6 cm³/mol. The second-order valence-corrected chi connectivity index (χ2v) is 5.58. The second-order valence-electron chi connectivity index (χ2n) is 5.19. The molecule has 0 aromatic carbocycles. The minimum Gasteiger partial charge on any atom is -0.370 e. The first-order chi connectivity index (χ1) is 7.90. The molecule has 1 aromatic heterocycles. The molecule has 0 fully saturated rings. The van der Waals surface area contributed by atoms with Crippen LogP contribution in [0.25, 0.3) is 0 Å². The second kappa shape index (κ2) is 6.20. The lowest BCUT2D eigenvalue weighted by molar-refractivity contribution is 0.439. The molecule has 0 amide bonds. The van der Waals surface area contributed by atoms with Gasteiger partial charge in [0.05, 0.1) is 0 Å². The van der Waals surface area contributed by atoms with Crippen molar-refractivity contribution < 1.29 is 0 Å². The van der Waals surface area contributed by atoms with Gasteiger partial charge in [-0.2, -0.15) is 0 Å². The molecule has 0 aliphatic carbocycles. The van der Waals surface area contributed by atoms with Gasteiger partial charge in [0, 0.05) is 18.5 Å². The number of hydrogen-bond acceptors (Lipinski definition) is 3. The van der Waals surface area contributed by atoms with E-state index in [1.807, 2.05) is 0 Å². The van der Waals surface area contributed by atoms with Gasteiger partial charge in [0.15, 0.2) is 0 Å². The normalized spacial score (nSPS) is 13.2. The summed E-state index contributed by atoms with van der Waals surface area (Å²) in [4.78, 5) is 8.67. The lowest BCUT2D eigenvalue weighted by atomic mass is 9.98. The molecule has 0 saturated heterocycles. The maximum atomic E-state index is 5.98. The molecule has 0 aliphatic heterocycles. The Morgan fingerprint density at radius 2 is 1.82 bits per heavy atom. The topological polar surface area (TPSA) is 37.8 Å². The van der Waals surface area contributed by atoms with Crippen LogP contribution >= 0.6 is 11.6 Å². The monoisotopic (exact) mass is 255 g/mol. The minimum atomic E-state index is 0.289. The van der Waals surface area contributed by atoms with E-state index >= 15 is 0 Å². The Balaban J connectivity index is 2.71. The van der Waals surface area contributed by atoms with Crippen molar-refractivity contribution in [2.45, 2.75) is 40.5 Å². The summed E-state index contributed by atoms with van der Waals surface area (Å²) in [6.07, 6.45) is 0. The average molecular weight is 256 g/mol. The Hall–Kier alpha value is -0.830. The standard InChI is InChI=1S/C13H22ClN3/c1-8(2)10(5)7-15-12-6-11(14)16-13(17-12)9(3)4/h6,8-10H,7H2,1-5H3,(H,15,16,17). The van der Waals surface area contributed by atoms with Gasteiger partial charge in [-0.15, -0.1) is 0 Å². The highest BCUT2D eigenvalue weighted by atomic mass is 35.5. The maximum absolute atomic E-state index is 5.98. The van der Waals surface area contributed by atoms with Crippen molar-refractivity contribution in [2.75, 3.05) is 11.9 Å². The zero-order valence-corrected chi connectivity index (χ0v) is 12.0. The summed E-state index contributed by atoms with van der Waals surface area (Å²) in [7, 11) is 0. The first kappa shape index (κ1) is 14.2. The molecule has 17 heavy (non-hydrogen) atoms. The van der Waals surface area contributed by atoms with E-state index in [-0.39, 0.29) is 5.92 Å². The van der Waals surface area contributed by atoms with Gasteiger partial charge < -0.3 is 5.32 Å². The highest BCUT2D eigenvalue weighted by Crippen LogP contribution is 2.18. The Morgan fingerprint density at radius 1 is 1.18 bits per heavy atom. The van der Waals surface area contributed by atoms with Crippen molar-refractivity contribution in [3.05, 3.63) is 17.0 Å². The molecule has 4 heteroatoms.